The summed E-state index contributed by atoms with van der Waals surface area (Å²) < 4.78 is 13.2. The Balaban J connectivity index is 0.00000141. The minimum atomic E-state index is -1.14. The lowest BCUT2D eigenvalue weighted by Gasteiger charge is -2.29. The lowest BCUT2D eigenvalue weighted by atomic mass is 9.93. The maximum Gasteiger partial charge on any atom is 0.252 e. The van der Waals surface area contributed by atoms with Crippen molar-refractivity contribution in [1.82, 2.24) is 5.32 Å². The zero-order chi connectivity index (χ0) is 23.1. The minimum Gasteiger partial charge on any atom is -0.337 e. The Morgan fingerprint density at radius 2 is 1.47 bits per heavy atom. The third-order valence-corrected chi connectivity index (χ3v) is 6.18. The van der Waals surface area contributed by atoms with Crippen LogP contribution in [0.25, 0.3) is 0 Å². The predicted molar refractivity (Wildman–Crippen MR) is 129 cm³/mol. The van der Waals surface area contributed by atoms with Gasteiger partial charge in [0.2, 0.25) is 0 Å². The molecule has 1 aliphatic rings. The van der Waals surface area contributed by atoms with Crippen LogP contribution in [0.2, 0.25) is 0 Å². The summed E-state index contributed by atoms with van der Waals surface area (Å²) in [5.74, 6) is -1.15. The largest absolute Gasteiger partial charge is 0.337 e. The van der Waals surface area contributed by atoms with Gasteiger partial charge in [0.15, 0.2) is 0 Å². The van der Waals surface area contributed by atoms with Crippen LogP contribution in [0.3, 0.4) is 0 Å². The van der Waals surface area contributed by atoms with Gasteiger partial charge in [0.25, 0.3) is 11.8 Å². The first-order chi connectivity index (χ1) is 15.5. The zero-order valence-corrected chi connectivity index (χ0v) is 19.4. The van der Waals surface area contributed by atoms with Crippen molar-refractivity contribution in [3.8, 4) is 0 Å². The van der Waals surface area contributed by atoms with Crippen LogP contribution >= 0.6 is 21.7 Å². The Labute approximate surface area is 196 Å². The van der Waals surface area contributed by atoms with Crippen molar-refractivity contribution in [2.24, 2.45) is 0 Å². The standard InChI is InChI=1S/C23H18ClFN2O2S.C2H6/c24-30-20-11-9-19(10-12-20)26-22(29)23(13-16-3-1-2-4-17(16)14-23)27-21(28)15-5-7-18(25)8-6-15;1-2/h1-12H,13-14H2,(H,26,29)(H,27,28);1-2H3. The molecule has 0 bridgehead atoms. The van der Waals surface area contributed by atoms with Gasteiger partial charge in [-0.25, -0.2) is 4.39 Å². The maximum absolute atomic E-state index is 13.4. The number of rotatable bonds is 5. The fraction of sp³-hybridized carbons (Fsp3) is 0.200. The molecule has 3 aromatic carbocycles. The van der Waals surface area contributed by atoms with Crippen molar-refractivity contribution >= 4 is 39.2 Å². The molecule has 4 rings (SSSR count). The Bertz CT molecular complexity index is 1060. The molecule has 0 fully saturated rings. The molecule has 166 valence electrons. The van der Waals surface area contributed by atoms with Crippen LogP contribution in [-0.2, 0) is 17.6 Å². The average Bonchev–Trinajstić information content (AvgIpc) is 3.20. The van der Waals surface area contributed by atoms with E-state index in [0.717, 1.165) is 27.0 Å². The summed E-state index contributed by atoms with van der Waals surface area (Å²) in [4.78, 5) is 27.1. The molecule has 0 atom stereocenters. The van der Waals surface area contributed by atoms with E-state index in [1.165, 1.54) is 24.3 Å². The second-order valence-corrected chi connectivity index (χ2v) is 8.31. The Morgan fingerprint density at radius 1 is 0.906 bits per heavy atom. The van der Waals surface area contributed by atoms with Crippen LogP contribution in [-0.4, -0.2) is 17.4 Å². The number of carbonyl (C=O) groups is 2. The van der Waals surface area contributed by atoms with Crippen LogP contribution in [0, 0.1) is 5.82 Å². The third-order valence-electron chi connectivity index (χ3n) is 5.20. The van der Waals surface area contributed by atoms with Gasteiger partial charge in [-0.2, -0.15) is 0 Å². The molecule has 0 heterocycles. The summed E-state index contributed by atoms with van der Waals surface area (Å²) in [6.45, 7) is 4.00. The molecule has 0 radical (unpaired) electrons. The predicted octanol–water partition coefficient (Wildman–Crippen LogP) is 6.00. The van der Waals surface area contributed by atoms with Gasteiger partial charge in [0, 0.05) is 29.0 Å². The first-order valence-electron chi connectivity index (χ1n) is 10.3. The summed E-state index contributed by atoms with van der Waals surface area (Å²) in [7, 11) is 6.84. The van der Waals surface area contributed by atoms with Gasteiger partial charge in [0.05, 0.1) is 0 Å². The third kappa shape index (κ3) is 5.31. The average molecular weight is 471 g/mol. The van der Waals surface area contributed by atoms with Crippen molar-refractivity contribution in [2.45, 2.75) is 37.1 Å². The molecule has 7 heteroatoms. The highest BCUT2D eigenvalue weighted by atomic mass is 35.7. The van der Waals surface area contributed by atoms with Gasteiger partial charge >= 0.3 is 0 Å². The Kier molecular flexibility index (Phi) is 7.94. The van der Waals surface area contributed by atoms with E-state index in [4.69, 9.17) is 10.7 Å². The molecular weight excluding hydrogens is 447 g/mol. The molecule has 0 unspecified atom stereocenters. The van der Waals surface area contributed by atoms with E-state index in [0.29, 0.717) is 24.1 Å². The second-order valence-electron chi connectivity index (χ2n) is 7.22. The van der Waals surface area contributed by atoms with Crippen molar-refractivity contribution in [2.75, 3.05) is 5.32 Å². The molecule has 0 aliphatic heterocycles. The van der Waals surface area contributed by atoms with Crippen molar-refractivity contribution in [3.63, 3.8) is 0 Å². The van der Waals surface area contributed by atoms with E-state index >= 15 is 0 Å². The number of hydrogen-bond donors (Lipinski definition) is 2. The van der Waals surface area contributed by atoms with Gasteiger partial charge in [-0.3, -0.25) is 9.59 Å². The van der Waals surface area contributed by atoms with E-state index in [-0.39, 0.29) is 5.91 Å². The number of amides is 2. The van der Waals surface area contributed by atoms with Gasteiger partial charge in [-0.15, -0.1) is 0 Å². The topological polar surface area (TPSA) is 58.2 Å². The summed E-state index contributed by atoms with van der Waals surface area (Å²) >= 11 is 0. The smallest absolute Gasteiger partial charge is 0.252 e. The van der Waals surface area contributed by atoms with Crippen LogP contribution in [0.4, 0.5) is 10.1 Å². The number of carbonyl (C=O) groups excluding carboxylic acids is 2. The molecule has 0 spiro atoms. The Morgan fingerprint density at radius 3 is 2.00 bits per heavy atom. The highest BCUT2D eigenvalue weighted by molar-refractivity contribution is 8.21. The van der Waals surface area contributed by atoms with E-state index in [9.17, 15) is 14.0 Å². The van der Waals surface area contributed by atoms with Crippen LogP contribution in [0.15, 0.2) is 77.7 Å². The summed E-state index contributed by atoms with van der Waals surface area (Å²) in [5.41, 5.74) is 1.79. The molecule has 0 aromatic heterocycles. The van der Waals surface area contributed by atoms with E-state index < -0.39 is 17.3 Å². The van der Waals surface area contributed by atoms with Crippen LogP contribution in [0.1, 0.15) is 35.3 Å². The maximum atomic E-state index is 13.4. The van der Waals surface area contributed by atoms with Crippen LogP contribution < -0.4 is 10.6 Å². The number of hydrogen-bond acceptors (Lipinski definition) is 3. The summed E-state index contributed by atoms with van der Waals surface area (Å²) in [6, 6.07) is 20.1. The highest BCUT2D eigenvalue weighted by Crippen LogP contribution is 2.32. The van der Waals surface area contributed by atoms with E-state index in [1.807, 2.05) is 38.1 Å². The fourth-order valence-corrected chi connectivity index (χ4v) is 4.20. The fourth-order valence-electron chi connectivity index (χ4n) is 3.65. The van der Waals surface area contributed by atoms with Crippen LogP contribution in [0.5, 0.6) is 0 Å². The number of nitrogens with one attached hydrogen (secondary N) is 2. The van der Waals surface area contributed by atoms with Crippen molar-refractivity contribution in [3.05, 3.63) is 95.3 Å². The molecule has 2 N–H and O–H groups in total. The van der Waals surface area contributed by atoms with Gasteiger partial charge in [0.1, 0.15) is 11.4 Å². The molecule has 4 nitrogen and oxygen atoms in total. The zero-order valence-electron chi connectivity index (χ0n) is 17.8. The number of anilines is 1. The molecule has 0 saturated carbocycles. The monoisotopic (exact) mass is 470 g/mol. The normalized spacial score (nSPS) is 13.4. The highest BCUT2D eigenvalue weighted by Gasteiger charge is 2.45. The lowest BCUT2D eigenvalue weighted by Crippen LogP contribution is -2.57. The SMILES string of the molecule is CC.O=C(NC1(C(=O)Nc2ccc(SCl)cc2)Cc2ccccc2C1)c1ccc(F)cc1. The van der Waals surface area contributed by atoms with E-state index in [2.05, 4.69) is 10.6 Å². The quantitative estimate of drug-likeness (QED) is 0.480. The lowest BCUT2D eigenvalue weighted by molar-refractivity contribution is -0.121. The minimum absolute atomic E-state index is 0.294. The number of fused-ring (bicyclic) bond motifs is 1. The Hall–Kier alpha value is -2.83. The van der Waals surface area contributed by atoms with E-state index in [1.54, 1.807) is 24.3 Å². The molecule has 1 aliphatic carbocycles. The molecule has 2 amide bonds. The summed E-state index contributed by atoms with van der Waals surface area (Å²) in [6.07, 6.45) is 0.745. The second kappa shape index (κ2) is 10.7. The molecule has 0 saturated heterocycles. The van der Waals surface area contributed by atoms with Gasteiger partial charge in [-0.1, -0.05) is 38.1 Å². The van der Waals surface area contributed by atoms with Crippen molar-refractivity contribution in [1.29, 1.82) is 0 Å². The number of halogens is 2. The first-order valence-corrected chi connectivity index (χ1v) is 12.0. The molecule has 32 heavy (non-hydrogen) atoms. The van der Waals surface area contributed by atoms with Gasteiger partial charge < -0.3 is 10.6 Å². The summed E-state index contributed by atoms with van der Waals surface area (Å²) in [5, 5.41) is 5.83. The van der Waals surface area contributed by atoms with Gasteiger partial charge in [-0.05, 0) is 81.3 Å². The molecular formula is C25H24ClFN2O2S. The first kappa shape index (κ1) is 23.8. The molecule has 3 aromatic rings. The number of benzene rings is 3. The van der Waals surface area contributed by atoms with Crippen molar-refractivity contribution < 1.29 is 14.0 Å².